The standard InChI is InChI=1S/C18H17N3O2S2/c1-19-17(23)15(11-16(22)20-12-7-3-2-4-8-12)25-18-21-13-9-5-6-10-14(13)24-18/h2-10,15H,11H2,1H3,(H,19,23)(H,20,22). The van der Waals surface area contributed by atoms with Crippen molar-refractivity contribution < 1.29 is 9.59 Å². The Kier molecular flexibility index (Phi) is 5.67. The number of thiazole rings is 1. The zero-order chi connectivity index (χ0) is 17.6. The molecule has 0 aliphatic rings. The van der Waals surface area contributed by atoms with Crippen molar-refractivity contribution in [3.63, 3.8) is 0 Å². The molecule has 7 heteroatoms. The molecule has 0 aliphatic carbocycles. The highest BCUT2D eigenvalue weighted by Crippen LogP contribution is 2.33. The number of aromatic nitrogens is 1. The van der Waals surface area contributed by atoms with Gasteiger partial charge in [-0.15, -0.1) is 11.3 Å². The molecule has 0 saturated heterocycles. The van der Waals surface area contributed by atoms with E-state index in [2.05, 4.69) is 15.6 Å². The van der Waals surface area contributed by atoms with E-state index in [0.29, 0.717) is 5.69 Å². The maximum absolute atomic E-state index is 12.3. The lowest BCUT2D eigenvalue weighted by Crippen LogP contribution is -2.32. The monoisotopic (exact) mass is 371 g/mol. The maximum Gasteiger partial charge on any atom is 0.233 e. The smallest absolute Gasteiger partial charge is 0.233 e. The van der Waals surface area contributed by atoms with E-state index in [-0.39, 0.29) is 18.2 Å². The van der Waals surface area contributed by atoms with E-state index >= 15 is 0 Å². The molecule has 25 heavy (non-hydrogen) atoms. The van der Waals surface area contributed by atoms with E-state index in [1.807, 2.05) is 54.6 Å². The molecule has 1 atom stereocenters. The van der Waals surface area contributed by atoms with E-state index < -0.39 is 5.25 Å². The van der Waals surface area contributed by atoms with E-state index in [9.17, 15) is 9.59 Å². The highest BCUT2D eigenvalue weighted by Gasteiger charge is 2.24. The first kappa shape index (κ1) is 17.4. The van der Waals surface area contributed by atoms with Crippen LogP contribution in [0.15, 0.2) is 58.9 Å². The molecule has 0 radical (unpaired) electrons. The van der Waals surface area contributed by atoms with Crippen molar-refractivity contribution in [3.05, 3.63) is 54.6 Å². The molecule has 0 spiro atoms. The van der Waals surface area contributed by atoms with Crippen LogP contribution in [0.5, 0.6) is 0 Å². The van der Waals surface area contributed by atoms with Gasteiger partial charge in [0.05, 0.1) is 15.5 Å². The van der Waals surface area contributed by atoms with Crippen LogP contribution in [0.25, 0.3) is 10.2 Å². The Bertz CT molecular complexity index is 847. The quantitative estimate of drug-likeness (QED) is 0.650. The number of carbonyl (C=O) groups is 2. The van der Waals surface area contributed by atoms with Gasteiger partial charge in [0, 0.05) is 19.2 Å². The van der Waals surface area contributed by atoms with Gasteiger partial charge in [0.1, 0.15) is 0 Å². The molecule has 3 rings (SSSR count). The van der Waals surface area contributed by atoms with E-state index in [1.54, 1.807) is 7.05 Å². The number of hydrogen-bond donors (Lipinski definition) is 2. The van der Waals surface area contributed by atoms with E-state index in [4.69, 9.17) is 0 Å². The van der Waals surface area contributed by atoms with Crippen LogP contribution in [-0.2, 0) is 9.59 Å². The zero-order valence-corrected chi connectivity index (χ0v) is 15.2. The maximum atomic E-state index is 12.3. The van der Waals surface area contributed by atoms with Crippen LogP contribution in [0.3, 0.4) is 0 Å². The Morgan fingerprint density at radius 2 is 1.84 bits per heavy atom. The molecule has 1 aromatic heterocycles. The lowest BCUT2D eigenvalue weighted by Gasteiger charge is -2.13. The number of rotatable bonds is 6. The summed E-state index contributed by atoms with van der Waals surface area (Å²) in [6.45, 7) is 0. The van der Waals surface area contributed by atoms with Gasteiger partial charge < -0.3 is 10.6 Å². The molecule has 2 amide bonds. The normalized spacial score (nSPS) is 11.9. The molecule has 5 nitrogen and oxygen atoms in total. The number of amides is 2. The highest BCUT2D eigenvalue weighted by molar-refractivity contribution is 8.02. The fourth-order valence-electron chi connectivity index (χ4n) is 2.27. The van der Waals surface area contributed by atoms with Crippen molar-refractivity contribution in [2.45, 2.75) is 16.0 Å². The fraction of sp³-hybridized carbons (Fsp3) is 0.167. The summed E-state index contributed by atoms with van der Waals surface area (Å²) >= 11 is 2.85. The Hall–Kier alpha value is -2.38. The molecule has 0 fully saturated rings. The summed E-state index contributed by atoms with van der Waals surface area (Å²) < 4.78 is 1.84. The Morgan fingerprint density at radius 1 is 1.12 bits per heavy atom. The molecule has 3 aromatic rings. The molecule has 1 unspecified atom stereocenters. The number of anilines is 1. The van der Waals surface area contributed by atoms with Crippen LogP contribution in [0, 0.1) is 0 Å². The largest absolute Gasteiger partial charge is 0.358 e. The van der Waals surface area contributed by atoms with Gasteiger partial charge in [0.2, 0.25) is 11.8 Å². The second-order valence-corrected chi connectivity index (χ2v) is 7.77. The van der Waals surface area contributed by atoms with Crippen molar-refractivity contribution in [3.8, 4) is 0 Å². The fourth-order valence-corrected chi connectivity index (χ4v) is 4.64. The van der Waals surface area contributed by atoms with Crippen LogP contribution < -0.4 is 10.6 Å². The molecular formula is C18H17N3O2S2. The Labute approximate surface area is 153 Å². The number of nitrogens with zero attached hydrogens (tertiary/aromatic N) is 1. The van der Waals surface area contributed by atoms with Crippen molar-refractivity contribution >= 4 is 50.8 Å². The molecule has 128 valence electrons. The summed E-state index contributed by atoms with van der Waals surface area (Å²) in [5.41, 5.74) is 1.62. The predicted molar refractivity (Wildman–Crippen MR) is 103 cm³/mol. The van der Waals surface area contributed by atoms with E-state index in [0.717, 1.165) is 14.6 Å². The van der Waals surface area contributed by atoms with Crippen LogP contribution >= 0.6 is 23.1 Å². The minimum atomic E-state index is -0.533. The third-order valence-corrected chi connectivity index (χ3v) is 5.81. The van der Waals surface area contributed by atoms with E-state index in [1.165, 1.54) is 23.1 Å². The zero-order valence-electron chi connectivity index (χ0n) is 13.6. The summed E-state index contributed by atoms with van der Waals surface area (Å²) in [7, 11) is 1.57. The average molecular weight is 371 g/mol. The SMILES string of the molecule is CNC(=O)C(CC(=O)Nc1ccccc1)Sc1nc2ccccc2s1. The van der Waals surface area contributed by atoms with Crippen molar-refractivity contribution in [2.24, 2.45) is 0 Å². The van der Waals surface area contributed by atoms with Crippen molar-refractivity contribution in [2.75, 3.05) is 12.4 Å². The van der Waals surface area contributed by atoms with Crippen molar-refractivity contribution in [1.82, 2.24) is 10.3 Å². The number of hydrogen-bond acceptors (Lipinski definition) is 5. The number of nitrogens with one attached hydrogen (secondary N) is 2. The van der Waals surface area contributed by atoms with Gasteiger partial charge in [-0.3, -0.25) is 9.59 Å². The topological polar surface area (TPSA) is 71.1 Å². The number of fused-ring (bicyclic) bond motifs is 1. The third kappa shape index (κ3) is 4.58. The van der Waals surface area contributed by atoms with Crippen LogP contribution in [0.4, 0.5) is 5.69 Å². The minimum Gasteiger partial charge on any atom is -0.358 e. The summed E-state index contributed by atoms with van der Waals surface area (Å²) in [5.74, 6) is -0.388. The number of thioether (sulfide) groups is 1. The van der Waals surface area contributed by atoms with Crippen LogP contribution in [0.1, 0.15) is 6.42 Å². The third-order valence-electron chi connectivity index (χ3n) is 3.48. The van der Waals surface area contributed by atoms with Gasteiger partial charge in [-0.1, -0.05) is 42.1 Å². The summed E-state index contributed by atoms with van der Waals surface area (Å²) in [5, 5.41) is 4.91. The molecule has 2 aromatic carbocycles. The molecular weight excluding hydrogens is 354 g/mol. The Morgan fingerprint density at radius 3 is 2.56 bits per heavy atom. The van der Waals surface area contributed by atoms with Gasteiger partial charge >= 0.3 is 0 Å². The second-order valence-electron chi connectivity index (χ2n) is 5.29. The first-order chi connectivity index (χ1) is 12.2. The summed E-state index contributed by atoms with van der Waals surface area (Å²) in [6, 6.07) is 17.0. The summed E-state index contributed by atoms with van der Waals surface area (Å²) in [4.78, 5) is 29.0. The average Bonchev–Trinajstić information content (AvgIpc) is 3.03. The predicted octanol–water partition coefficient (Wildman–Crippen LogP) is 3.53. The first-order valence-electron chi connectivity index (χ1n) is 7.74. The van der Waals surface area contributed by atoms with Crippen molar-refractivity contribution in [1.29, 1.82) is 0 Å². The molecule has 0 saturated carbocycles. The molecule has 2 N–H and O–H groups in total. The summed E-state index contributed by atoms with van der Waals surface area (Å²) in [6.07, 6.45) is 0.0785. The van der Waals surface area contributed by atoms with Gasteiger partial charge in [-0.25, -0.2) is 4.98 Å². The van der Waals surface area contributed by atoms with Gasteiger partial charge in [-0.05, 0) is 24.3 Å². The highest BCUT2D eigenvalue weighted by atomic mass is 32.2. The molecule has 0 aliphatic heterocycles. The van der Waals surface area contributed by atoms with Crippen LogP contribution in [-0.4, -0.2) is 29.1 Å². The van der Waals surface area contributed by atoms with Gasteiger partial charge in [0.15, 0.2) is 4.34 Å². The van der Waals surface area contributed by atoms with Crippen LogP contribution in [0.2, 0.25) is 0 Å². The molecule has 1 heterocycles. The second kappa shape index (κ2) is 8.13. The number of benzene rings is 2. The number of carbonyl (C=O) groups excluding carboxylic acids is 2. The lowest BCUT2D eigenvalue weighted by molar-refractivity contribution is -0.123. The number of para-hydroxylation sites is 2. The lowest BCUT2D eigenvalue weighted by atomic mass is 10.2. The minimum absolute atomic E-state index is 0.0785. The first-order valence-corrected chi connectivity index (χ1v) is 9.44. The van der Waals surface area contributed by atoms with Gasteiger partial charge in [-0.2, -0.15) is 0 Å². The Balaban J connectivity index is 1.71. The van der Waals surface area contributed by atoms with Gasteiger partial charge in [0.25, 0.3) is 0 Å². The molecule has 0 bridgehead atoms.